The van der Waals surface area contributed by atoms with Crippen LogP contribution >= 0.6 is 0 Å². The number of aliphatic hydroxyl groups excluding tert-OH is 3. The molecule has 5 nitrogen and oxygen atoms in total. The number of hydrogen-bond donors (Lipinski definition) is 5. The molecule has 2 bridgehead atoms. The van der Waals surface area contributed by atoms with E-state index in [2.05, 4.69) is 71.1 Å². The molecule has 60 heavy (non-hydrogen) atoms. The second kappa shape index (κ2) is 45.5. The first-order valence-electron chi connectivity index (χ1n) is 23.1. The van der Waals surface area contributed by atoms with E-state index < -0.39 is 5.60 Å². The molecule has 3 aromatic rings. The summed E-state index contributed by atoms with van der Waals surface area (Å²) in [6.07, 6.45) is 20.7. The summed E-state index contributed by atoms with van der Waals surface area (Å²) in [5.74, 6) is 1.46. The highest BCUT2D eigenvalue weighted by Crippen LogP contribution is 2.58. The van der Waals surface area contributed by atoms with Crippen molar-refractivity contribution in [3.05, 3.63) is 131 Å². The van der Waals surface area contributed by atoms with Gasteiger partial charge < -0.3 is 25.7 Å². The van der Waals surface area contributed by atoms with Gasteiger partial charge in [0.1, 0.15) is 0 Å². The Morgan fingerprint density at radius 3 is 1.20 bits per heavy atom. The summed E-state index contributed by atoms with van der Waals surface area (Å²) in [6, 6.07) is 31.9. The Balaban J connectivity index is -0.000000298. The van der Waals surface area contributed by atoms with Gasteiger partial charge in [0, 0.05) is 19.8 Å². The number of fused-ring (bicyclic) bond motifs is 2. The lowest BCUT2D eigenvalue weighted by Crippen LogP contribution is -2.41. The van der Waals surface area contributed by atoms with Crippen LogP contribution in [0.25, 0.3) is 0 Å². The molecular weight excluding hydrogens is 739 g/mol. The zero-order chi connectivity index (χ0) is 46.5. The average molecular weight is 836 g/mol. The lowest BCUT2D eigenvalue weighted by atomic mass is 9.52. The predicted molar refractivity (Wildman–Crippen MR) is 268 cm³/mol. The highest BCUT2D eigenvalue weighted by Gasteiger charge is 2.46. The molecule has 4 aliphatic rings. The van der Waals surface area contributed by atoms with E-state index in [1.54, 1.807) is 31.9 Å². The number of rotatable bonds is 6. The number of hydrogen-bond acceptors (Lipinski definition) is 5. The van der Waals surface area contributed by atoms with Crippen LogP contribution in [-0.2, 0) is 5.60 Å². The number of aliphatic hydroxyl groups is 4. The maximum atomic E-state index is 9.49. The Labute approximate surface area is 372 Å². The predicted octanol–water partition coefficient (Wildman–Crippen LogP) is 14.3. The zero-order valence-electron chi connectivity index (χ0n) is 41.4. The Bertz CT molecular complexity index is 1260. The molecule has 0 heterocycles. The summed E-state index contributed by atoms with van der Waals surface area (Å²) in [5, 5.41) is 35.8. The van der Waals surface area contributed by atoms with E-state index in [9.17, 15) is 5.11 Å². The molecular formula is C55H97NO4. The van der Waals surface area contributed by atoms with Crippen LogP contribution in [0.5, 0.6) is 0 Å². The minimum atomic E-state index is -0.707. The standard InChI is InChI=1S/C10H16.C9H12O.C7H8.C6H10.C6H6.C6H14.C4H10O.C3H8O.C2H7N.C2H6O/c1-7-4-5-8-6-9(7)10(8,2)3;1-9(2,10)8-6-4-3-5-7-8;1-7-5-3-2-4-6-7;2*1-2-4-6-5-3-1;1-3-5-6-4-2;1-4(2)3-5;1-2-3-4;1-3-2;1-2-3/h8H,4-6H2,1-3H3;3-7,10H,1-2H3;2-6H,1H3;1-2H,3-6H2;1-6H;3-6H2,1-2H3;4-5H,3H2,1-2H3;4H,2-3H2,1H3;3H,1-2H3;3H,2H2,1H3. The Morgan fingerprint density at radius 1 is 0.683 bits per heavy atom. The summed E-state index contributed by atoms with van der Waals surface area (Å²) < 4.78 is 0. The molecule has 0 aliphatic heterocycles. The number of nitrogens with one attached hydrogen (secondary N) is 1. The van der Waals surface area contributed by atoms with Crippen LogP contribution in [-0.4, -0.2) is 54.3 Å². The third-order valence-corrected chi connectivity index (χ3v) is 9.42. The summed E-state index contributed by atoms with van der Waals surface area (Å²) in [4.78, 5) is 0. The van der Waals surface area contributed by atoms with Crippen LogP contribution in [0.3, 0.4) is 0 Å². The number of unbranched alkanes of at least 4 members (excludes halogenated alkanes) is 3. The first-order valence-corrected chi connectivity index (χ1v) is 23.1. The molecule has 7 rings (SSSR count). The van der Waals surface area contributed by atoms with Gasteiger partial charge in [-0.1, -0.05) is 200 Å². The number of benzene rings is 3. The highest BCUT2D eigenvalue weighted by atomic mass is 16.3. The van der Waals surface area contributed by atoms with Crippen molar-refractivity contribution >= 4 is 0 Å². The van der Waals surface area contributed by atoms with Gasteiger partial charge in [0.05, 0.1) is 5.60 Å². The number of allylic oxidation sites excluding steroid dienone is 4. The van der Waals surface area contributed by atoms with Crippen molar-refractivity contribution in [1.82, 2.24) is 5.32 Å². The largest absolute Gasteiger partial charge is 0.397 e. The first-order chi connectivity index (χ1) is 28.5. The third-order valence-electron chi connectivity index (χ3n) is 9.42. The molecule has 346 valence electrons. The van der Waals surface area contributed by atoms with Crippen molar-refractivity contribution in [2.45, 2.75) is 166 Å². The average Bonchev–Trinajstić information content (AvgIpc) is 3.26. The van der Waals surface area contributed by atoms with Gasteiger partial charge in [-0.25, -0.2) is 0 Å². The first kappa shape index (κ1) is 63.6. The van der Waals surface area contributed by atoms with Crippen molar-refractivity contribution in [3.8, 4) is 0 Å². The van der Waals surface area contributed by atoms with Gasteiger partial charge in [-0.3, -0.25) is 0 Å². The zero-order valence-corrected chi connectivity index (χ0v) is 41.4. The summed E-state index contributed by atoms with van der Waals surface area (Å²) >= 11 is 0. The SMILES string of the molecule is C1=CCCCC1.CC(C)(O)c1ccccc1.CC(C)CO.CC1=C2CC(CC1)C2(C)C.CCCCCC.CCCO.CCO.CNC.Cc1ccccc1.c1ccccc1. The molecule has 0 spiro atoms. The minimum Gasteiger partial charge on any atom is -0.397 e. The smallest absolute Gasteiger partial charge is 0.0840 e. The van der Waals surface area contributed by atoms with E-state index in [-0.39, 0.29) is 6.61 Å². The molecule has 4 aliphatic carbocycles. The molecule has 0 amide bonds. The number of aryl methyl sites for hydroxylation is 1. The van der Waals surface area contributed by atoms with Crippen LogP contribution in [0.2, 0.25) is 0 Å². The van der Waals surface area contributed by atoms with Crippen molar-refractivity contribution in [1.29, 1.82) is 0 Å². The topological polar surface area (TPSA) is 93.0 Å². The highest BCUT2D eigenvalue weighted by molar-refractivity contribution is 5.32. The quantitative estimate of drug-likeness (QED) is 0.126. The second-order valence-corrected chi connectivity index (χ2v) is 16.7. The van der Waals surface area contributed by atoms with Gasteiger partial charge in [0.15, 0.2) is 0 Å². The summed E-state index contributed by atoms with van der Waals surface area (Å²) in [6.45, 7) is 25.7. The maximum absolute atomic E-state index is 9.49. The van der Waals surface area contributed by atoms with E-state index in [0.29, 0.717) is 24.5 Å². The van der Waals surface area contributed by atoms with Gasteiger partial charge in [-0.2, -0.15) is 0 Å². The molecule has 1 unspecified atom stereocenters. The van der Waals surface area contributed by atoms with E-state index in [0.717, 1.165) is 17.9 Å². The third kappa shape index (κ3) is 41.7. The van der Waals surface area contributed by atoms with Gasteiger partial charge >= 0.3 is 0 Å². The molecule has 0 saturated heterocycles. The fraction of sp³-hybridized carbons (Fsp3) is 0.600. The van der Waals surface area contributed by atoms with Gasteiger partial charge in [0.2, 0.25) is 0 Å². The fourth-order valence-electron chi connectivity index (χ4n) is 5.63. The van der Waals surface area contributed by atoms with Crippen LogP contribution < -0.4 is 5.32 Å². The molecule has 0 aromatic heterocycles. The normalized spacial score (nSPS) is 14.6. The van der Waals surface area contributed by atoms with Crippen molar-refractivity contribution in [2.75, 3.05) is 33.9 Å². The maximum Gasteiger partial charge on any atom is 0.0840 e. The van der Waals surface area contributed by atoms with Crippen LogP contribution in [0, 0.1) is 24.2 Å². The summed E-state index contributed by atoms with van der Waals surface area (Å²) in [5.41, 5.74) is 5.61. The Kier molecular flexibility index (Phi) is 48.2. The van der Waals surface area contributed by atoms with Gasteiger partial charge in [-0.05, 0) is 123 Å². The molecule has 5 N–H and O–H groups in total. The molecule has 0 radical (unpaired) electrons. The molecule has 1 saturated carbocycles. The van der Waals surface area contributed by atoms with E-state index in [1.807, 2.05) is 120 Å². The van der Waals surface area contributed by atoms with Crippen LogP contribution in [0.1, 0.15) is 164 Å². The van der Waals surface area contributed by atoms with Gasteiger partial charge in [0.25, 0.3) is 0 Å². The minimum absolute atomic E-state index is 0.250. The van der Waals surface area contributed by atoms with E-state index in [1.165, 1.54) is 76.2 Å². The van der Waals surface area contributed by atoms with Crippen molar-refractivity contribution < 1.29 is 20.4 Å². The molecule has 1 fully saturated rings. The molecule has 3 aromatic carbocycles. The lowest BCUT2D eigenvalue weighted by molar-refractivity contribution is 0.0786. The van der Waals surface area contributed by atoms with Crippen molar-refractivity contribution in [2.24, 2.45) is 17.3 Å². The summed E-state index contributed by atoms with van der Waals surface area (Å²) in [7, 11) is 3.75. The molecule has 5 heteroatoms. The lowest BCUT2D eigenvalue weighted by Gasteiger charge is -2.52. The van der Waals surface area contributed by atoms with Crippen LogP contribution in [0.4, 0.5) is 0 Å². The second-order valence-electron chi connectivity index (χ2n) is 16.7. The monoisotopic (exact) mass is 836 g/mol. The van der Waals surface area contributed by atoms with Crippen LogP contribution in [0.15, 0.2) is 120 Å². The molecule has 1 atom stereocenters. The van der Waals surface area contributed by atoms with Crippen molar-refractivity contribution in [3.63, 3.8) is 0 Å². The van der Waals surface area contributed by atoms with E-state index in [4.69, 9.17) is 15.3 Å². The Hall–Kier alpha value is -3.06. The van der Waals surface area contributed by atoms with E-state index >= 15 is 0 Å². The Morgan fingerprint density at radius 2 is 1.03 bits per heavy atom. The van der Waals surface area contributed by atoms with Gasteiger partial charge in [-0.15, -0.1) is 0 Å². The fourth-order valence-corrected chi connectivity index (χ4v) is 5.63.